The van der Waals surface area contributed by atoms with Gasteiger partial charge < -0.3 is 4.57 Å². The molecule has 0 unspecified atom stereocenters. The van der Waals surface area contributed by atoms with Crippen molar-refractivity contribution in [2.75, 3.05) is 0 Å². The van der Waals surface area contributed by atoms with Crippen molar-refractivity contribution in [3.63, 3.8) is 0 Å². The monoisotopic (exact) mass is 265 g/mol. The first kappa shape index (κ1) is 10.4. The Kier molecular flexibility index (Phi) is 2.43. The zero-order chi connectivity index (χ0) is 11.2. The van der Waals surface area contributed by atoms with E-state index >= 15 is 0 Å². The summed E-state index contributed by atoms with van der Waals surface area (Å²) in [5.74, 6) is 0. The highest BCUT2D eigenvalue weighted by Crippen LogP contribution is 2.31. The standard InChI is InChI=1S/C12H12BrNO/c1-7-8(2)14(3)12-10(7)4-9(6-15)5-11(12)13/h4-6H,1-3H3. The van der Waals surface area contributed by atoms with E-state index in [9.17, 15) is 4.79 Å². The number of aldehydes is 1. The normalized spacial score (nSPS) is 10.9. The lowest BCUT2D eigenvalue weighted by molar-refractivity contribution is 0.112. The van der Waals surface area contributed by atoms with E-state index in [1.54, 1.807) is 0 Å². The maximum absolute atomic E-state index is 10.8. The molecule has 0 saturated carbocycles. The topological polar surface area (TPSA) is 22.0 Å². The van der Waals surface area contributed by atoms with Crippen LogP contribution >= 0.6 is 15.9 Å². The molecule has 0 radical (unpaired) electrons. The number of halogens is 1. The number of rotatable bonds is 1. The van der Waals surface area contributed by atoms with Crippen LogP contribution in [0.3, 0.4) is 0 Å². The molecule has 0 spiro atoms. The summed E-state index contributed by atoms with van der Waals surface area (Å²) in [4.78, 5) is 10.8. The van der Waals surface area contributed by atoms with Crippen LogP contribution in [-0.2, 0) is 7.05 Å². The fraction of sp³-hybridized carbons (Fsp3) is 0.250. The Morgan fingerprint density at radius 1 is 1.33 bits per heavy atom. The number of hydrogen-bond donors (Lipinski definition) is 0. The molecule has 0 aliphatic heterocycles. The molecule has 0 amide bonds. The van der Waals surface area contributed by atoms with Crippen LogP contribution < -0.4 is 0 Å². The van der Waals surface area contributed by atoms with Gasteiger partial charge in [0.05, 0.1) is 5.52 Å². The molecule has 0 bridgehead atoms. The van der Waals surface area contributed by atoms with E-state index in [0.29, 0.717) is 5.56 Å². The van der Waals surface area contributed by atoms with Gasteiger partial charge in [-0.05, 0) is 47.5 Å². The van der Waals surface area contributed by atoms with E-state index in [4.69, 9.17) is 0 Å². The molecule has 2 nitrogen and oxygen atoms in total. The molecule has 2 aromatic rings. The average molecular weight is 266 g/mol. The third kappa shape index (κ3) is 1.42. The average Bonchev–Trinajstić information content (AvgIpc) is 2.44. The Morgan fingerprint density at radius 3 is 2.60 bits per heavy atom. The van der Waals surface area contributed by atoms with E-state index in [1.807, 2.05) is 19.2 Å². The van der Waals surface area contributed by atoms with Crippen molar-refractivity contribution in [3.05, 3.63) is 33.4 Å². The quantitative estimate of drug-likeness (QED) is 0.725. The van der Waals surface area contributed by atoms with Crippen LogP contribution in [0.4, 0.5) is 0 Å². The number of hydrogen-bond acceptors (Lipinski definition) is 1. The van der Waals surface area contributed by atoms with E-state index in [1.165, 1.54) is 11.3 Å². The zero-order valence-electron chi connectivity index (χ0n) is 8.97. The predicted molar refractivity (Wildman–Crippen MR) is 65.5 cm³/mol. The Labute approximate surface area is 97.0 Å². The van der Waals surface area contributed by atoms with Gasteiger partial charge in [0.15, 0.2) is 0 Å². The Balaban J connectivity index is 2.97. The van der Waals surface area contributed by atoms with Gasteiger partial charge in [-0.1, -0.05) is 0 Å². The first-order valence-electron chi connectivity index (χ1n) is 4.76. The van der Waals surface area contributed by atoms with Crippen LogP contribution in [0.5, 0.6) is 0 Å². The number of nitrogens with zero attached hydrogens (tertiary/aromatic N) is 1. The number of benzene rings is 1. The molecule has 0 fully saturated rings. The summed E-state index contributed by atoms with van der Waals surface area (Å²) in [6.45, 7) is 4.17. The summed E-state index contributed by atoms with van der Waals surface area (Å²) < 4.78 is 3.12. The van der Waals surface area contributed by atoms with Gasteiger partial charge in [0, 0.05) is 28.2 Å². The van der Waals surface area contributed by atoms with Gasteiger partial charge in [-0.3, -0.25) is 4.79 Å². The van der Waals surface area contributed by atoms with Crippen LogP contribution in [0, 0.1) is 13.8 Å². The molecule has 0 saturated heterocycles. The van der Waals surface area contributed by atoms with Gasteiger partial charge in [0.2, 0.25) is 0 Å². The van der Waals surface area contributed by atoms with Crippen molar-refractivity contribution >= 4 is 33.1 Å². The molecule has 0 aliphatic carbocycles. The molecule has 15 heavy (non-hydrogen) atoms. The first-order chi connectivity index (χ1) is 7.06. The molecule has 1 aromatic carbocycles. The fourth-order valence-corrected chi connectivity index (χ4v) is 2.67. The molecule has 0 atom stereocenters. The van der Waals surface area contributed by atoms with Gasteiger partial charge in [-0.2, -0.15) is 0 Å². The lowest BCUT2D eigenvalue weighted by Gasteiger charge is -2.01. The van der Waals surface area contributed by atoms with Crippen LogP contribution in [0.25, 0.3) is 10.9 Å². The lowest BCUT2D eigenvalue weighted by atomic mass is 10.1. The van der Waals surface area contributed by atoms with Crippen molar-refractivity contribution in [1.29, 1.82) is 0 Å². The highest BCUT2D eigenvalue weighted by atomic mass is 79.9. The highest BCUT2D eigenvalue weighted by Gasteiger charge is 2.11. The van der Waals surface area contributed by atoms with Gasteiger partial charge in [-0.25, -0.2) is 0 Å². The van der Waals surface area contributed by atoms with E-state index in [0.717, 1.165) is 21.7 Å². The van der Waals surface area contributed by atoms with Crippen molar-refractivity contribution in [3.8, 4) is 0 Å². The predicted octanol–water partition coefficient (Wildman–Crippen LogP) is 3.37. The van der Waals surface area contributed by atoms with Gasteiger partial charge >= 0.3 is 0 Å². The second-order valence-electron chi connectivity index (χ2n) is 3.79. The van der Waals surface area contributed by atoms with E-state index in [2.05, 4.69) is 34.3 Å². The minimum absolute atomic E-state index is 0.711. The molecule has 3 heteroatoms. The van der Waals surface area contributed by atoms with Crippen molar-refractivity contribution in [2.45, 2.75) is 13.8 Å². The summed E-state index contributed by atoms with van der Waals surface area (Å²) in [6.07, 6.45) is 0.881. The third-order valence-corrected chi connectivity index (χ3v) is 3.61. The smallest absolute Gasteiger partial charge is 0.150 e. The van der Waals surface area contributed by atoms with Crippen LogP contribution in [0.15, 0.2) is 16.6 Å². The minimum Gasteiger partial charge on any atom is -0.347 e. The summed E-state index contributed by atoms with van der Waals surface area (Å²) in [5, 5.41) is 1.14. The Hall–Kier alpha value is -1.09. The molecule has 0 aliphatic rings. The lowest BCUT2D eigenvalue weighted by Crippen LogP contribution is -1.91. The molecular formula is C12H12BrNO. The molecule has 2 rings (SSSR count). The summed E-state index contributed by atoms with van der Waals surface area (Å²) in [5.41, 5.74) is 4.32. The van der Waals surface area contributed by atoms with Crippen LogP contribution in [-0.4, -0.2) is 10.9 Å². The zero-order valence-corrected chi connectivity index (χ0v) is 10.6. The fourth-order valence-electron chi connectivity index (χ4n) is 1.93. The van der Waals surface area contributed by atoms with E-state index in [-0.39, 0.29) is 0 Å². The molecule has 78 valence electrons. The SMILES string of the molecule is Cc1c(C)n(C)c2c(Br)cc(C=O)cc12. The summed E-state index contributed by atoms with van der Waals surface area (Å²) in [7, 11) is 2.04. The molecule has 1 heterocycles. The Bertz CT molecular complexity index is 554. The number of carbonyl (C=O) groups excluding carboxylic acids is 1. The third-order valence-electron chi connectivity index (χ3n) is 3.01. The van der Waals surface area contributed by atoms with E-state index < -0.39 is 0 Å². The largest absolute Gasteiger partial charge is 0.347 e. The maximum atomic E-state index is 10.8. The second-order valence-corrected chi connectivity index (χ2v) is 4.64. The number of aryl methyl sites for hydroxylation is 2. The molecule has 0 N–H and O–H groups in total. The van der Waals surface area contributed by atoms with Crippen molar-refractivity contribution in [1.82, 2.24) is 4.57 Å². The maximum Gasteiger partial charge on any atom is 0.150 e. The first-order valence-corrected chi connectivity index (χ1v) is 5.56. The van der Waals surface area contributed by atoms with Gasteiger partial charge in [0.25, 0.3) is 0 Å². The summed E-state index contributed by atoms with van der Waals surface area (Å²) >= 11 is 3.51. The summed E-state index contributed by atoms with van der Waals surface area (Å²) in [6, 6.07) is 3.80. The molecule has 1 aromatic heterocycles. The Morgan fingerprint density at radius 2 is 2.00 bits per heavy atom. The second kappa shape index (κ2) is 3.49. The van der Waals surface area contributed by atoms with Gasteiger partial charge in [-0.15, -0.1) is 0 Å². The minimum atomic E-state index is 0.711. The number of aromatic nitrogens is 1. The highest BCUT2D eigenvalue weighted by molar-refractivity contribution is 9.10. The van der Waals surface area contributed by atoms with Crippen LogP contribution in [0.1, 0.15) is 21.6 Å². The molecular weight excluding hydrogens is 254 g/mol. The number of carbonyl (C=O) groups is 1. The van der Waals surface area contributed by atoms with Crippen molar-refractivity contribution in [2.24, 2.45) is 7.05 Å². The number of fused-ring (bicyclic) bond motifs is 1. The van der Waals surface area contributed by atoms with Crippen molar-refractivity contribution < 1.29 is 4.79 Å². The van der Waals surface area contributed by atoms with Gasteiger partial charge in [0.1, 0.15) is 6.29 Å². The van der Waals surface area contributed by atoms with Crippen LogP contribution in [0.2, 0.25) is 0 Å².